The van der Waals surface area contributed by atoms with Crippen LogP contribution >= 0.6 is 11.8 Å². The molecule has 2 nitrogen and oxygen atoms in total. The minimum atomic E-state index is 0.379. The molecule has 1 N–H and O–H groups in total. The number of rotatable bonds is 9. The van der Waals surface area contributed by atoms with Gasteiger partial charge in [-0.15, -0.1) is 0 Å². The third kappa shape index (κ3) is 12.3. The third-order valence-corrected chi connectivity index (χ3v) is 2.29. The Bertz CT molecular complexity index is 98.9. The molecule has 0 aromatic heterocycles. The number of nitrogens with one attached hydrogen (secondary N) is 1. The molecule has 0 aliphatic heterocycles. The topological polar surface area (TPSA) is 21.3 Å². The summed E-state index contributed by atoms with van der Waals surface area (Å²) in [6.07, 6.45) is 4.91. The van der Waals surface area contributed by atoms with Crippen molar-refractivity contribution in [3.63, 3.8) is 0 Å². The van der Waals surface area contributed by atoms with Crippen LogP contribution < -0.4 is 5.32 Å². The molecule has 0 saturated carbocycles. The lowest BCUT2D eigenvalue weighted by Gasteiger charge is -2.07. The zero-order valence-corrected chi connectivity index (χ0v) is 9.95. The van der Waals surface area contributed by atoms with E-state index in [1.54, 1.807) is 0 Å². The SMILES string of the molecule is CSCCNCCCCOC(C)C. The van der Waals surface area contributed by atoms with Gasteiger partial charge in [-0.05, 0) is 39.5 Å². The molecule has 0 bridgehead atoms. The van der Waals surface area contributed by atoms with Gasteiger partial charge in [0.05, 0.1) is 6.10 Å². The molecule has 0 amide bonds. The molecule has 0 aliphatic rings. The van der Waals surface area contributed by atoms with Crippen molar-refractivity contribution in [3.05, 3.63) is 0 Å². The maximum Gasteiger partial charge on any atom is 0.0518 e. The number of ether oxygens (including phenoxy) is 1. The molecule has 3 heteroatoms. The highest BCUT2D eigenvalue weighted by Crippen LogP contribution is 1.93. The van der Waals surface area contributed by atoms with Crippen LogP contribution in [0.4, 0.5) is 0 Å². The molecule has 0 atom stereocenters. The van der Waals surface area contributed by atoms with Gasteiger partial charge in [0.15, 0.2) is 0 Å². The lowest BCUT2D eigenvalue weighted by molar-refractivity contribution is 0.0761. The normalized spacial score (nSPS) is 11.1. The summed E-state index contributed by atoms with van der Waals surface area (Å²) in [5, 5.41) is 3.40. The Morgan fingerprint density at radius 2 is 2.00 bits per heavy atom. The summed E-state index contributed by atoms with van der Waals surface area (Å²) in [4.78, 5) is 0. The first-order valence-electron chi connectivity index (χ1n) is 5.08. The summed E-state index contributed by atoms with van der Waals surface area (Å²) in [5.41, 5.74) is 0. The Morgan fingerprint density at radius 3 is 2.62 bits per heavy atom. The van der Waals surface area contributed by atoms with Gasteiger partial charge in [0.2, 0.25) is 0 Å². The average Bonchev–Trinajstić information content (AvgIpc) is 2.09. The lowest BCUT2D eigenvalue weighted by Crippen LogP contribution is -2.18. The molecule has 0 saturated heterocycles. The number of hydrogen-bond acceptors (Lipinski definition) is 3. The second-order valence-electron chi connectivity index (χ2n) is 3.37. The minimum Gasteiger partial charge on any atom is -0.379 e. The highest BCUT2D eigenvalue weighted by Gasteiger charge is 1.92. The predicted molar refractivity (Wildman–Crippen MR) is 61.6 cm³/mol. The summed E-state index contributed by atoms with van der Waals surface area (Å²) in [5.74, 6) is 1.21. The van der Waals surface area contributed by atoms with E-state index in [2.05, 4.69) is 25.4 Å². The second-order valence-corrected chi connectivity index (χ2v) is 4.36. The molecule has 0 rings (SSSR count). The van der Waals surface area contributed by atoms with Crippen molar-refractivity contribution in [2.45, 2.75) is 32.8 Å². The Balaban J connectivity index is 2.84. The van der Waals surface area contributed by atoms with Crippen LogP contribution in [0, 0.1) is 0 Å². The van der Waals surface area contributed by atoms with E-state index in [4.69, 9.17) is 4.74 Å². The van der Waals surface area contributed by atoms with Crippen molar-refractivity contribution < 1.29 is 4.74 Å². The Morgan fingerprint density at radius 1 is 1.23 bits per heavy atom. The average molecular weight is 205 g/mol. The van der Waals surface area contributed by atoms with Gasteiger partial charge in [-0.1, -0.05) is 0 Å². The largest absolute Gasteiger partial charge is 0.379 e. The van der Waals surface area contributed by atoms with E-state index in [9.17, 15) is 0 Å². The van der Waals surface area contributed by atoms with Crippen LogP contribution in [0.25, 0.3) is 0 Å². The van der Waals surface area contributed by atoms with E-state index in [1.165, 1.54) is 18.6 Å². The predicted octanol–water partition coefficient (Wildman–Crippen LogP) is 2.14. The Labute approximate surface area is 86.8 Å². The van der Waals surface area contributed by atoms with Gasteiger partial charge >= 0.3 is 0 Å². The fourth-order valence-corrected chi connectivity index (χ4v) is 1.32. The molecule has 13 heavy (non-hydrogen) atoms. The van der Waals surface area contributed by atoms with Crippen LogP contribution in [-0.2, 0) is 4.74 Å². The van der Waals surface area contributed by atoms with Gasteiger partial charge in [0.25, 0.3) is 0 Å². The smallest absolute Gasteiger partial charge is 0.0518 e. The summed E-state index contributed by atoms with van der Waals surface area (Å²) in [7, 11) is 0. The van der Waals surface area contributed by atoms with E-state index in [1.807, 2.05) is 11.8 Å². The summed E-state index contributed by atoms with van der Waals surface area (Å²) >= 11 is 1.89. The number of unbranched alkanes of at least 4 members (excludes halogenated alkanes) is 1. The first-order valence-corrected chi connectivity index (χ1v) is 6.48. The first kappa shape index (κ1) is 13.3. The van der Waals surface area contributed by atoms with Crippen LogP contribution in [0.3, 0.4) is 0 Å². The molecule has 80 valence electrons. The first-order chi connectivity index (χ1) is 6.27. The maximum absolute atomic E-state index is 5.44. The summed E-state index contributed by atoms with van der Waals surface area (Å²) in [6, 6.07) is 0. The lowest BCUT2D eigenvalue weighted by atomic mass is 10.3. The molecular formula is C10H23NOS. The van der Waals surface area contributed by atoms with Crippen LogP contribution in [0.1, 0.15) is 26.7 Å². The molecular weight excluding hydrogens is 182 g/mol. The van der Waals surface area contributed by atoms with E-state index in [-0.39, 0.29) is 0 Å². The molecule has 0 unspecified atom stereocenters. The third-order valence-electron chi connectivity index (χ3n) is 1.68. The van der Waals surface area contributed by atoms with Gasteiger partial charge in [0, 0.05) is 18.9 Å². The van der Waals surface area contributed by atoms with E-state index in [0.29, 0.717) is 6.10 Å². The van der Waals surface area contributed by atoms with Gasteiger partial charge in [-0.3, -0.25) is 0 Å². The zero-order chi connectivity index (χ0) is 9.94. The van der Waals surface area contributed by atoms with Gasteiger partial charge in [-0.2, -0.15) is 11.8 Å². The van der Waals surface area contributed by atoms with E-state index in [0.717, 1.165) is 19.7 Å². The Kier molecular flexibility index (Phi) is 10.6. The monoisotopic (exact) mass is 205 g/mol. The summed E-state index contributed by atoms with van der Waals surface area (Å²) < 4.78 is 5.44. The van der Waals surface area contributed by atoms with Crippen molar-refractivity contribution in [1.82, 2.24) is 5.32 Å². The van der Waals surface area contributed by atoms with Gasteiger partial charge in [-0.25, -0.2) is 0 Å². The van der Waals surface area contributed by atoms with Crippen molar-refractivity contribution in [2.24, 2.45) is 0 Å². The summed E-state index contributed by atoms with van der Waals surface area (Å²) in [6.45, 7) is 7.32. The van der Waals surface area contributed by atoms with Crippen molar-refractivity contribution in [1.29, 1.82) is 0 Å². The Hall–Kier alpha value is 0.270. The van der Waals surface area contributed by atoms with Crippen LogP contribution in [0.2, 0.25) is 0 Å². The standard InChI is InChI=1S/C10H23NOS/c1-10(2)12-8-5-4-6-11-7-9-13-3/h10-11H,4-9H2,1-3H3. The van der Waals surface area contributed by atoms with E-state index >= 15 is 0 Å². The minimum absolute atomic E-state index is 0.379. The molecule has 0 heterocycles. The molecule has 0 fully saturated rings. The molecule has 0 aromatic rings. The highest BCUT2D eigenvalue weighted by atomic mass is 32.2. The fraction of sp³-hybridized carbons (Fsp3) is 1.00. The quantitative estimate of drug-likeness (QED) is 0.583. The maximum atomic E-state index is 5.44. The second kappa shape index (κ2) is 10.4. The van der Waals surface area contributed by atoms with Crippen LogP contribution in [0.15, 0.2) is 0 Å². The fourth-order valence-electron chi connectivity index (χ4n) is 0.970. The number of thioether (sulfide) groups is 1. The van der Waals surface area contributed by atoms with Crippen LogP contribution in [-0.4, -0.2) is 37.8 Å². The van der Waals surface area contributed by atoms with Gasteiger partial charge < -0.3 is 10.1 Å². The van der Waals surface area contributed by atoms with Gasteiger partial charge in [0.1, 0.15) is 0 Å². The molecule has 0 aliphatic carbocycles. The van der Waals surface area contributed by atoms with Crippen molar-refractivity contribution in [2.75, 3.05) is 31.7 Å². The van der Waals surface area contributed by atoms with Crippen molar-refractivity contribution in [3.8, 4) is 0 Å². The molecule has 0 radical (unpaired) electrons. The molecule has 0 spiro atoms. The zero-order valence-electron chi connectivity index (χ0n) is 9.14. The number of hydrogen-bond donors (Lipinski definition) is 1. The highest BCUT2D eigenvalue weighted by molar-refractivity contribution is 7.98. The van der Waals surface area contributed by atoms with E-state index < -0.39 is 0 Å². The van der Waals surface area contributed by atoms with Crippen molar-refractivity contribution >= 4 is 11.8 Å². The molecule has 0 aromatic carbocycles. The van der Waals surface area contributed by atoms with Crippen LogP contribution in [0.5, 0.6) is 0 Å².